The summed E-state index contributed by atoms with van der Waals surface area (Å²) < 4.78 is 30.9. The van der Waals surface area contributed by atoms with Crippen LogP contribution in [0.2, 0.25) is 0 Å². The predicted octanol–water partition coefficient (Wildman–Crippen LogP) is 4.07. The van der Waals surface area contributed by atoms with Gasteiger partial charge in [0.25, 0.3) is 0 Å². The predicted molar refractivity (Wildman–Crippen MR) is 180 cm³/mol. The molecule has 16 nitrogen and oxygen atoms in total. The lowest BCUT2D eigenvalue weighted by atomic mass is 10.0. The van der Waals surface area contributed by atoms with Crippen molar-refractivity contribution in [2.75, 3.05) is 27.6 Å². The lowest BCUT2D eigenvalue weighted by Crippen LogP contribution is -2.49. The molecule has 0 radical (unpaired) electrons. The summed E-state index contributed by atoms with van der Waals surface area (Å²) in [5.41, 5.74) is -2.05. The summed E-state index contributed by atoms with van der Waals surface area (Å²) in [6.45, 7) is 15.0. The summed E-state index contributed by atoms with van der Waals surface area (Å²) >= 11 is 0. The Balaban J connectivity index is 3.21. The van der Waals surface area contributed by atoms with E-state index in [-0.39, 0.29) is 37.8 Å². The fourth-order valence-corrected chi connectivity index (χ4v) is 3.55. The van der Waals surface area contributed by atoms with Crippen molar-refractivity contribution in [2.24, 2.45) is 4.99 Å². The van der Waals surface area contributed by atoms with E-state index in [4.69, 9.17) is 28.4 Å². The second-order valence-corrected chi connectivity index (χ2v) is 13.5. The molecule has 0 unspecified atom stereocenters. The number of nitrogens with zero attached hydrogens (tertiary/aromatic N) is 1. The second kappa shape index (κ2) is 19.2. The van der Waals surface area contributed by atoms with Gasteiger partial charge in [0.1, 0.15) is 34.3 Å². The van der Waals surface area contributed by atoms with Crippen LogP contribution in [0.3, 0.4) is 0 Å². The van der Waals surface area contributed by atoms with Crippen molar-refractivity contribution in [1.82, 2.24) is 21.3 Å². The molecule has 1 aromatic carbocycles. The van der Waals surface area contributed by atoms with E-state index >= 15 is 0 Å². The van der Waals surface area contributed by atoms with Crippen molar-refractivity contribution in [3.05, 3.63) is 41.6 Å². The number of carbonyl (C=O) groups is 5. The number of benzene rings is 1. The van der Waals surface area contributed by atoms with Crippen molar-refractivity contribution in [3.63, 3.8) is 0 Å². The molecule has 0 fully saturated rings. The summed E-state index contributed by atoms with van der Waals surface area (Å²) in [5.74, 6) is -1.33. The molecule has 0 saturated carbocycles. The van der Waals surface area contributed by atoms with Crippen LogP contribution in [0.25, 0.3) is 0 Å². The summed E-state index contributed by atoms with van der Waals surface area (Å²) in [5, 5.41) is 9.78. The lowest BCUT2D eigenvalue weighted by Gasteiger charge is -2.23. The van der Waals surface area contributed by atoms with Crippen LogP contribution in [-0.2, 0) is 39.7 Å². The maximum absolute atomic E-state index is 13.5. The van der Waals surface area contributed by atoms with Gasteiger partial charge in [-0.3, -0.25) is 20.4 Å². The highest BCUT2D eigenvalue weighted by Crippen LogP contribution is 2.15. The van der Waals surface area contributed by atoms with Gasteiger partial charge in [0.2, 0.25) is 11.9 Å². The van der Waals surface area contributed by atoms with Gasteiger partial charge in [0.05, 0.1) is 7.11 Å². The highest BCUT2D eigenvalue weighted by molar-refractivity contribution is 6.01. The lowest BCUT2D eigenvalue weighted by molar-refractivity contribution is -0.138. The van der Waals surface area contributed by atoms with Crippen LogP contribution in [0, 0.1) is 0 Å². The van der Waals surface area contributed by atoms with Crippen LogP contribution < -0.4 is 26.0 Å². The van der Waals surface area contributed by atoms with Crippen LogP contribution in [0.15, 0.2) is 41.0 Å². The third-order valence-corrected chi connectivity index (χ3v) is 5.36. The van der Waals surface area contributed by atoms with E-state index in [0.717, 1.165) is 7.11 Å². The Hall–Kier alpha value is -4.86. The normalized spacial score (nSPS) is 12.4. The molecule has 0 aliphatic rings. The number of nitrogens with one attached hydrogen (secondary N) is 4. The number of rotatable bonds is 12. The van der Waals surface area contributed by atoms with Crippen LogP contribution in [0.5, 0.6) is 5.75 Å². The van der Waals surface area contributed by atoms with Crippen LogP contribution in [-0.4, -0.2) is 86.5 Å². The molecule has 1 atom stereocenters. The smallest absolute Gasteiger partial charge is 0.414 e. The van der Waals surface area contributed by atoms with Crippen molar-refractivity contribution in [1.29, 1.82) is 0 Å². The van der Waals surface area contributed by atoms with E-state index in [0.29, 0.717) is 11.3 Å². The number of guanidine groups is 1. The Morgan fingerprint density at radius 1 is 0.755 bits per heavy atom. The van der Waals surface area contributed by atoms with Gasteiger partial charge in [-0.2, -0.15) is 0 Å². The first-order chi connectivity index (χ1) is 22.6. The van der Waals surface area contributed by atoms with Gasteiger partial charge in [-0.25, -0.2) is 19.2 Å². The summed E-state index contributed by atoms with van der Waals surface area (Å²) in [7, 11) is 2.63. The maximum Gasteiger partial charge on any atom is 0.414 e. The minimum atomic E-state index is -1.17. The number of hydrogen-bond donors (Lipinski definition) is 4. The molecule has 16 heteroatoms. The van der Waals surface area contributed by atoms with Gasteiger partial charge in [0.15, 0.2) is 6.79 Å². The van der Waals surface area contributed by atoms with Gasteiger partial charge in [-0.05, 0) is 86.4 Å². The molecule has 49 heavy (non-hydrogen) atoms. The van der Waals surface area contributed by atoms with Crippen molar-refractivity contribution in [3.8, 4) is 5.75 Å². The molecule has 0 bridgehead atoms. The minimum Gasteiger partial charge on any atom is -0.468 e. The number of ether oxygens (including phenoxy) is 6. The molecule has 1 aromatic rings. The monoisotopic (exact) mass is 693 g/mol. The average Bonchev–Trinajstić information content (AvgIpc) is 2.94. The highest BCUT2D eigenvalue weighted by Gasteiger charge is 2.27. The second-order valence-electron chi connectivity index (χ2n) is 13.5. The molecule has 0 aliphatic heterocycles. The zero-order chi connectivity index (χ0) is 37.4. The molecule has 1 rings (SSSR count). The highest BCUT2D eigenvalue weighted by atomic mass is 16.7. The Bertz CT molecular complexity index is 1310. The molecule has 0 heterocycles. The van der Waals surface area contributed by atoms with Crippen molar-refractivity contribution >= 4 is 36.1 Å². The van der Waals surface area contributed by atoms with Crippen LogP contribution in [0.4, 0.5) is 14.4 Å². The molecular formula is C33H51N5O11. The average molecular weight is 694 g/mol. The van der Waals surface area contributed by atoms with E-state index < -0.39 is 53.0 Å². The fourth-order valence-electron chi connectivity index (χ4n) is 3.55. The number of aliphatic imine (C=N–C) groups is 1. The topological polar surface area (TPSA) is 201 Å². The number of alkyl carbamates (subject to hydrolysis) is 3. The van der Waals surface area contributed by atoms with Gasteiger partial charge >= 0.3 is 24.2 Å². The quantitative estimate of drug-likeness (QED) is 0.0468. The SMILES string of the molecule is COCOc1ccc(C[C@H](NC(=O)OC(C)(C)C)C(=O)N/C(=C\CCN=C(NC(=O)OC(C)(C)C)NC(=O)OC(C)(C)C)C(=O)OC)cc1. The number of carbonyl (C=O) groups excluding carboxylic acids is 5. The molecular weight excluding hydrogens is 642 g/mol. The number of methoxy groups -OCH3 is 2. The van der Waals surface area contributed by atoms with Crippen LogP contribution in [0.1, 0.15) is 74.3 Å². The van der Waals surface area contributed by atoms with Crippen LogP contribution >= 0.6 is 0 Å². The largest absolute Gasteiger partial charge is 0.468 e. The molecule has 274 valence electrons. The summed E-state index contributed by atoms with van der Waals surface area (Å²) in [6, 6.07) is 5.62. The van der Waals surface area contributed by atoms with E-state index in [1.807, 2.05) is 0 Å². The Labute approximate surface area is 287 Å². The molecule has 0 spiro atoms. The Morgan fingerprint density at radius 2 is 1.27 bits per heavy atom. The van der Waals surface area contributed by atoms with Crippen molar-refractivity contribution < 1.29 is 52.4 Å². The Kier molecular flexibility index (Phi) is 16.5. The third-order valence-electron chi connectivity index (χ3n) is 5.36. The van der Waals surface area contributed by atoms with Gasteiger partial charge in [0, 0.05) is 20.1 Å². The third kappa shape index (κ3) is 19.5. The van der Waals surface area contributed by atoms with E-state index in [1.165, 1.54) is 13.2 Å². The first-order valence-electron chi connectivity index (χ1n) is 15.4. The minimum absolute atomic E-state index is 0.0322. The fraction of sp³-hybridized carbons (Fsp3) is 0.576. The summed E-state index contributed by atoms with van der Waals surface area (Å²) in [6.07, 6.45) is -1.18. The van der Waals surface area contributed by atoms with E-state index in [9.17, 15) is 24.0 Å². The zero-order valence-electron chi connectivity index (χ0n) is 30.2. The number of amides is 4. The van der Waals surface area contributed by atoms with Gasteiger partial charge in [-0.15, -0.1) is 0 Å². The Morgan fingerprint density at radius 3 is 1.73 bits per heavy atom. The summed E-state index contributed by atoms with van der Waals surface area (Å²) in [4.78, 5) is 67.6. The number of hydrogen-bond acceptors (Lipinski definition) is 12. The standard InChI is InChI=1S/C33H51N5O11/c1-31(2,3)47-28(41)36-24(19-21-14-16-22(17-15-21)46-20-44-10)25(39)35-23(26(40)45-11)13-12-18-34-27(37-29(42)48-32(4,5)6)38-30(43)49-33(7,8)9/h13-17,24H,12,18-20H2,1-11H3,(H,35,39)(H,36,41)(H2,34,37,38,42,43)/b23-13-/t24-/m0/s1. The molecule has 4 amide bonds. The van der Waals surface area contributed by atoms with E-state index in [1.54, 1.807) is 86.6 Å². The maximum atomic E-state index is 13.5. The number of esters is 1. The zero-order valence-corrected chi connectivity index (χ0v) is 30.2. The van der Waals surface area contributed by atoms with Crippen molar-refractivity contribution in [2.45, 2.75) is 98.0 Å². The van der Waals surface area contributed by atoms with Gasteiger partial charge < -0.3 is 39.1 Å². The molecule has 4 N–H and O–H groups in total. The molecule has 0 aromatic heterocycles. The molecule has 0 aliphatic carbocycles. The first-order valence-corrected chi connectivity index (χ1v) is 15.4. The van der Waals surface area contributed by atoms with Gasteiger partial charge in [-0.1, -0.05) is 18.2 Å². The van der Waals surface area contributed by atoms with E-state index in [2.05, 4.69) is 26.3 Å². The first kappa shape index (κ1) is 42.2. The molecule has 0 saturated heterocycles.